The van der Waals surface area contributed by atoms with Crippen LogP contribution in [0.15, 0.2) is 12.3 Å². The second kappa shape index (κ2) is 5.69. The maximum absolute atomic E-state index is 11.3. The summed E-state index contributed by atoms with van der Waals surface area (Å²) in [6.07, 6.45) is 0.875. The molecule has 0 unspecified atom stereocenters. The van der Waals surface area contributed by atoms with E-state index in [0.29, 0.717) is 31.0 Å². The maximum atomic E-state index is 11.3. The molecule has 1 aliphatic heterocycles. The summed E-state index contributed by atoms with van der Waals surface area (Å²) in [6, 6.07) is 3.44. The summed E-state index contributed by atoms with van der Waals surface area (Å²) in [5.74, 6) is 0.632. The molecule has 1 amide bonds. The zero-order valence-corrected chi connectivity index (χ0v) is 12.3. The fourth-order valence-corrected chi connectivity index (χ4v) is 2.88. The summed E-state index contributed by atoms with van der Waals surface area (Å²) in [5, 5.41) is 18.3. The number of aromatic amines is 1. The molecule has 0 radical (unpaired) electrons. The molecular weight excluding hydrogens is 308 g/mol. The number of nitrogens with one attached hydrogen (secondary N) is 1. The number of H-pyrrole nitrogens is 1. The van der Waals surface area contributed by atoms with E-state index in [1.54, 1.807) is 12.3 Å². The van der Waals surface area contributed by atoms with Gasteiger partial charge in [0, 0.05) is 25.8 Å². The van der Waals surface area contributed by atoms with E-state index in [2.05, 4.69) is 15.0 Å². The Morgan fingerprint density at radius 1 is 1.55 bits per heavy atom. The molecule has 1 saturated heterocycles. The lowest BCUT2D eigenvalue weighted by Gasteiger charge is -2.39. The number of carbonyl (C=O) groups is 1. The largest absolute Gasteiger partial charge is 0.465 e. The summed E-state index contributed by atoms with van der Waals surface area (Å²) >= 11 is 5.96. The number of aromatic nitrogens is 3. The lowest BCUT2D eigenvalue weighted by molar-refractivity contribution is 0.119. The van der Waals surface area contributed by atoms with Gasteiger partial charge in [0.15, 0.2) is 5.82 Å². The predicted molar refractivity (Wildman–Crippen MR) is 79.9 cm³/mol. The quantitative estimate of drug-likeness (QED) is 0.815. The first-order valence-corrected chi connectivity index (χ1v) is 7.10. The van der Waals surface area contributed by atoms with Gasteiger partial charge in [-0.25, -0.2) is 9.78 Å². The van der Waals surface area contributed by atoms with Gasteiger partial charge in [0.05, 0.1) is 24.0 Å². The van der Waals surface area contributed by atoms with Crippen LogP contribution in [0.1, 0.15) is 6.42 Å². The molecule has 0 saturated carbocycles. The maximum Gasteiger partial charge on any atom is 0.407 e. The Hall–Kier alpha value is -2.53. The SMILES string of the molecule is N#CC[C@H]1CN(c2nc(Cl)nc3cc[nH]c23)CCN1C(=O)O. The van der Waals surface area contributed by atoms with Gasteiger partial charge in [0.25, 0.3) is 0 Å². The van der Waals surface area contributed by atoms with E-state index in [0.717, 1.165) is 5.52 Å². The van der Waals surface area contributed by atoms with Crippen LogP contribution in [0.4, 0.5) is 10.6 Å². The van der Waals surface area contributed by atoms with Crippen molar-refractivity contribution in [1.29, 1.82) is 5.26 Å². The molecule has 0 bridgehead atoms. The molecule has 2 aromatic rings. The van der Waals surface area contributed by atoms with E-state index >= 15 is 0 Å². The lowest BCUT2D eigenvalue weighted by Crippen LogP contribution is -2.55. The van der Waals surface area contributed by atoms with Crippen LogP contribution < -0.4 is 4.90 Å². The van der Waals surface area contributed by atoms with Gasteiger partial charge in [-0.15, -0.1) is 0 Å². The average molecular weight is 321 g/mol. The first kappa shape index (κ1) is 14.4. The highest BCUT2D eigenvalue weighted by molar-refractivity contribution is 6.28. The monoisotopic (exact) mass is 320 g/mol. The van der Waals surface area contributed by atoms with Crippen LogP contribution in [0.25, 0.3) is 11.0 Å². The highest BCUT2D eigenvalue weighted by Crippen LogP contribution is 2.26. The molecule has 2 aromatic heterocycles. The molecule has 0 aromatic carbocycles. The first-order chi connectivity index (χ1) is 10.6. The average Bonchev–Trinajstić information content (AvgIpc) is 2.94. The Balaban J connectivity index is 1.93. The number of carboxylic acid groups (broad SMARTS) is 1. The number of nitrogens with zero attached hydrogens (tertiary/aromatic N) is 5. The van der Waals surface area contributed by atoms with E-state index < -0.39 is 12.1 Å². The number of halogens is 1. The Morgan fingerprint density at radius 2 is 2.36 bits per heavy atom. The molecule has 1 aliphatic rings. The number of anilines is 1. The molecule has 114 valence electrons. The van der Waals surface area contributed by atoms with Crippen LogP contribution in [0.3, 0.4) is 0 Å². The van der Waals surface area contributed by atoms with Crippen LogP contribution in [0, 0.1) is 11.3 Å². The van der Waals surface area contributed by atoms with Crippen molar-refractivity contribution in [2.45, 2.75) is 12.5 Å². The minimum atomic E-state index is -1.01. The fraction of sp³-hybridized carbons (Fsp3) is 0.385. The van der Waals surface area contributed by atoms with E-state index in [1.807, 2.05) is 11.0 Å². The van der Waals surface area contributed by atoms with Gasteiger partial charge in [-0.2, -0.15) is 10.2 Å². The van der Waals surface area contributed by atoms with E-state index in [4.69, 9.17) is 16.9 Å². The molecule has 1 fully saturated rings. The number of hydrogen-bond acceptors (Lipinski definition) is 5. The zero-order chi connectivity index (χ0) is 15.7. The lowest BCUT2D eigenvalue weighted by atomic mass is 10.1. The van der Waals surface area contributed by atoms with Crippen molar-refractivity contribution >= 4 is 34.5 Å². The molecule has 9 heteroatoms. The van der Waals surface area contributed by atoms with E-state index in [-0.39, 0.29) is 11.7 Å². The zero-order valence-electron chi connectivity index (χ0n) is 11.5. The fourth-order valence-electron chi connectivity index (χ4n) is 2.71. The summed E-state index contributed by atoms with van der Waals surface area (Å²) in [7, 11) is 0. The van der Waals surface area contributed by atoms with Crippen molar-refractivity contribution < 1.29 is 9.90 Å². The number of nitriles is 1. The molecule has 3 rings (SSSR count). The molecule has 22 heavy (non-hydrogen) atoms. The number of hydrogen-bond donors (Lipinski definition) is 2. The van der Waals surface area contributed by atoms with Crippen LogP contribution in [-0.2, 0) is 0 Å². The van der Waals surface area contributed by atoms with Crippen LogP contribution >= 0.6 is 11.6 Å². The highest BCUT2D eigenvalue weighted by Gasteiger charge is 2.31. The van der Waals surface area contributed by atoms with Gasteiger partial charge < -0.3 is 19.9 Å². The van der Waals surface area contributed by atoms with Gasteiger partial charge in [-0.1, -0.05) is 0 Å². The summed E-state index contributed by atoms with van der Waals surface area (Å²) < 4.78 is 0. The number of piperazine rings is 1. The summed E-state index contributed by atoms with van der Waals surface area (Å²) in [4.78, 5) is 26.0. The van der Waals surface area contributed by atoms with Gasteiger partial charge in [0.2, 0.25) is 5.28 Å². The molecule has 3 heterocycles. The highest BCUT2D eigenvalue weighted by atomic mass is 35.5. The Labute approximate surface area is 130 Å². The third-order valence-corrected chi connectivity index (χ3v) is 3.88. The van der Waals surface area contributed by atoms with Crippen molar-refractivity contribution in [3.05, 3.63) is 17.5 Å². The van der Waals surface area contributed by atoms with Crippen molar-refractivity contribution in [1.82, 2.24) is 19.9 Å². The molecular formula is C13H13ClN6O2. The summed E-state index contributed by atoms with van der Waals surface area (Å²) in [6.45, 7) is 1.18. The van der Waals surface area contributed by atoms with Crippen LogP contribution in [0.2, 0.25) is 5.28 Å². The third-order valence-electron chi connectivity index (χ3n) is 3.71. The topological polar surface area (TPSA) is 109 Å². The molecule has 0 spiro atoms. The van der Waals surface area contributed by atoms with Gasteiger partial charge in [0.1, 0.15) is 5.52 Å². The van der Waals surface area contributed by atoms with Gasteiger partial charge in [-0.05, 0) is 17.7 Å². The van der Waals surface area contributed by atoms with Crippen LogP contribution in [-0.4, -0.2) is 56.7 Å². The second-order valence-electron chi connectivity index (χ2n) is 4.99. The normalized spacial score (nSPS) is 18.5. The van der Waals surface area contributed by atoms with Crippen molar-refractivity contribution in [3.63, 3.8) is 0 Å². The van der Waals surface area contributed by atoms with Crippen molar-refractivity contribution in [2.24, 2.45) is 0 Å². The molecule has 8 nitrogen and oxygen atoms in total. The summed E-state index contributed by atoms with van der Waals surface area (Å²) in [5.41, 5.74) is 1.45. The third kappa shape index (κ3) is 2.51. The standard InChI is InChI=1S/C13H13ClN6O2/c14-12-17-9-2-4-16-10(9)11(18-12)19-5-6-20(13(21)22)8(7-19)1-3-15/h2,4,8,16H,1,5-7H2,(H,21,22)/t8-/m0/s1. The van der Waals surface area contributed by atoms with Gasteiger partial charge >= 0.3 is 6.09 Å². The minimum Gasteiger partial charge on any atom is -0.465 e. The van der Waals surface area contributed by atoms with Crippen molar-refractivity contribution in [2.75, 3.05) is 24.5 Å². The van der Waals surface area contributed by atoms with E-state index in [9.17, 15) is 9.90 Å². The second-order valence-corrected chi connectivity index (χ2v) is 5.33. The smallest absolute Gasteiger partial charge is 0.407 e. The van der Waals surface area contributed by atoms with E-state index in [1.165, 1.54) is 4.90 Å². The Kier molecular flexibility index (Phi) is 3.73. The van der Waals surface area contributed by atoms with Crippen LogP contribution in [0.5, 0.6) is 0 Å². The number of fused-ring (bicyclic) bond motifs is 1. The number of amides is 1. The molecule has 1 atom stereocenters. The minimum absolute atomic E-state index is 0.134. The first-order valence-electron chi connectivity index (χ1n) is 6.72. The Bertz CT molecular complexity index is 755. The molecule has 0 aliphatic carbocycles. The Morgan fingerprint density at radius 3 is 3.09 bits per heavy atom. The van der Waals surface area contributed by atoms with Crippen molar-refractivity contribution in [3.8, 4) is 6.07 Å². The predicted octanol–water partition coefficient (Wildman–Crippen LogP) is 1.69. The number of rotatable bonds is 2. The molecule has 2 N–H and O–H groups in total. The van der Waals surface area contributed by atoms with Gasteiger partial charge in [-0.3, -0.25) is 0 Å².